The number of nitrogens with one attached hydrogen (secondary N) is 1. The second-order valence-corrected chi connectivity index (χ2v) is 3.33. The molecule has 0 spiro atoms. The molecule has 1 atom stereocenters. The van der Waals surface area contributed by atoms with Crippen LogP contribution in [0, 0.1) is 0 Å². The summed E-state index contributed by atoms with van der Waals surface area (Å²) in [6.07, 6.45) is 7.75. The zero-order valence-electron chi connectivity index (χ0n) is 5.13. The van der Waals surface area contributed by atoms with Crippen molar-refractivity contribution in [2.75, 3.05) is 5.88 Å². The van der Waals surface area contributed by atoms with Crippen molar-refractivity contribution in [3.8, 4) is 0 Å². The summed E-state index contributed by atoms with van der Waals surface area (Å²) in [6.45, 7) is 0. The molecule has 48 valence electrons. The predicted octanol–water partition coefficient (Wildman–Crippen LogP) is 1.49. The van der Waals surface area contributed by atoms with E-state index >= 15 is 0 Å². The summed E-state index contributed by atoms with van der Waals surface area (Å²) in [5.74, 6) is 1.10. The maximum atomic E-state index is 3.40. The Morgan fingerprint density at radius 3 is 3.56 bits per heavy atom. The number of hydrogen-bond acceptors (Lipinski definition) is 2. The number of thioether (sulfide) groups is 1. The van der Waals surface area contributed by atoms with Gasteiger partial charge in [-0.1, -0.05) is 18.2 Å². The lowest BCUT2D eigenvalue weighted by Gasteiger charge is -2.10. The van der Waals surface area contributed by atoms with Gasteiger partial charge in [0.1, 0.15) is 0 Å². The Kier molecular flexibility index (Phi) is 1.36. The Morgan fingerprint density at radius 1 is 1.67 bits per heavy atom. The van der Waals surface area contributed by atoms with Crippen LogP contribution >= 0.6 is 11.8 Å². The molecule has 1 aliphatic carbocycles. The highest BCUT2D eigenvalue weighted by Gasteiger charge is 2.19. The van der Waals surface area contributed by atoms with Crippen molar-refractivity contribution in [2.24, 2.45) is 0 Å². The Morgan fingerprint density at radius 2 is 2.67 bits per heavy atom. The molecule has 2 rings (SSSR count). The fourth-order valence-electron chi connectivity index (χ4n) is 1.17. The van der Waals surface area contributed by atoms with Crippen molar-refractivity contribution in [3.05, 3.63) is 23.1 Å². The minimum Gasteiger partial charge on any atom is -0.300 e. The van der Waals surface area contributed by atoms with Crippen molar-refractivity contribution in [2.45, 2.75) is 12.5 Å². The minimum atomic E-state index is 0.653. The number of hydrogen-bond donors (Lipinski definition) is 1. The molecule has 2 heteroatoms. The van der Waals surface area contributed by atoms with Gasteiger partial charge in [0.2, 0.25) is 0 Å². The zero-order valence-corrected chi connectivity index (χ0v) is 5.95. The molecule has 1 nitrogen and oxygen atoms in total. The monoisotopic (exact) mass is 139 g/mol. The lowest BCUT2D eigenvalue weighted by Crippen LogP contribution is -2.22. The highest BCUT2D eigenvalue weighted by molar-refractivity contribution is 8.03. The van der Waals surface area contributed by atoms with Gasteiger partial charge < -0.3 is 0 Å². The second-order valence-electron chi connectivity index (χ2n) is 2.28. The molecule has 1 aliphatic heterocycles. The van der Waals surface area contributed by atoms with Gasteiger partial charge in [-0.25, -0.2) is 0 Å². The van der Waals surface area contributed by atoms with Crippen molar-refractivity contribution < 1.29 is 0 Å². The number of allylic oxidation sites excluding steroid dienone is 2. The summed E-state index contributed by atoms with van der Waals surface area (Å²) in [6, 6.07) is 0.653. The largest absolute Gasteiger partial charge is 0.300 e. The summed E-state index contributed by atoms with van der Waals surface area (Å²) in [5, 5.41) is 3.40. The van der Waals surface area contributed by atoms with Crippen LogP contribution in [-0.2, 0) is 0 Å². The SMILES string of the molecule is C1=CCC2NCSC2=C1. The summed E-state index contributed by atoms with van der Waals surface area (Å²) < 4.78 is 0. The van der Waals surface area contributed by atoms with E-state index in [0.717, 1.165) is 5.88 Å². The van der Waals surface area contributed by atoms with E-state index < -0.39 is 0 Å². The van der Waals surface area contributed by atoms with Crippen LogP contribution in [0.4, 0.5) is 0 Å². The number of rotatable bonds is 0. The van der Waals surface area contributed by atoms with Crippen LogP contribution in [0.3, 0.4) is 0 Å². The molecule has 0 bridgehead atoms. The van der Waals surface area contributed by atoms with E-state index in [0.29, 0.717) is 6.04 Å². The Bertz CT molecular complexity index is 172. The van der Waals surface area contributed by atoms with Gasteiger partial charge in [0.05, 0.1) is 0 Å². The molecule has 1 N–H and O–H groups in total. The van der Waals surface area contributed by atoms with Crippen LogP contribution in [0.25, 0.3) is 0 Å². The molecule has 1 fully saturated rings. The van der Waals surface area contributed by atoms with Crippen LogP contribution < -0.4 is 5.32 Å². The van der Waals surface area contributed by atoms with Gasteiger partial charge in [0.25, 0.3) is 0 Å². The third kappa shape index (κ3) is 0.926. The quantitative estimate of drug-likeness (QED) is 0.545. The van der Waals surface area contributed by atoms with Crippen molar-refractivity contribution >= 4 is 11.8 Å². The molecular weight excluding hydrogens is 130 g/mol. The first kappa shape index (κ1) is 5.57. The first-order chi connectivity index (χ1) is 4.47. The van der Waals surface area contributed by atoms with Gasteiger partial charge in [0, 0.05) is 16.8 Å². The van der Waals surface area contributed by atoms with E-state index in [2.05, 4.69) is 23.5 Å². The van der Waals surface area contributed by atoms with Crippen molar-refractivity contribution in [1.29, 1.82) is 0 Å². The molecule has 1 heterocycles. The molecule has 2 aliphatic rings. The summed E-state index contributed by atoms with van der Waals surface area (Å²) >= 11 is 1.93. The first-order valence-electron chi connectivity index (χ1n) is 3.20. The lowest BCUT2D eigenvalue weighted by atomic mass is 10.1. The van der Waals surface area contributed by atoms with Gasteiger partial charge in [-0.05, 0) is 6.42 Å². The standard InChI is InChI=1S/C7H9NS/c1-2-4-7-6(3-1)8-5-9-7/h1-2,4,6,8H,3,5H2. The Labute approximate surface area is 59.2 Å². The topological polar surface area (TPSA) is 12.0 Å². The van der Waals surface area contributed by atoms with E-state index in [1.165, 1.54) is 11.3 Å². The third-order valence-electron chi connectivity index (χ3n) is 1.68. The van der Waals surface area contributed by atoms with Gasteiger partial charge in [-0.2, -0.15) is 0 Å². The van der Waals surface area contributed by atoms with E-state index in [1.54, 1.807) is 0 Å². The molecule has 0 radical (unpaired) electrons. The van der Waals surface area contributed by atoms with Gasteiger partial charge in [-0.15, -0.1) is 11.8 Å². The summed E-state index contributed by atoms with van der Waals surface area (Å²) in [4.78, 5) is 1.51. The summed E-state index contributed by atoms with van der Waals surface area (Å²) in [7, 11) is 0. The molecule has 1 saturated heterocycles. The van der Waals surface area contributed by atoms with Crippen molar-refractivity contribution in [3.63, 3.8) is 0 Å². The van der Waals surface area contributed by atoms with Crippen LogP contribution in [-0.4, -0.2) is 11.9 Å². The first-order valence-corrected chi connectivity index (χ1v) is 4.18. The average Bonchev–Trinajstić information content (AvgIpc) is 2.33. The molecule has 0 aromatic carbocycles. The fourth-order valence-corrected chi connectivity index (χ4v) is 2.17. The summed E-state index contributed by atoms with van der Waals surface area (Å²) in [5.41, 5.74) is 0. The minimum absolute atomic E-state index is 0.653. The average molecular weight is 139 g/mol. The van der Waals surface area contributed by atoms with Gasteiger partial charge in [0.15, 0.2) is 0 Å². The molecule has 1 unspecified atom stereocenters. The van der Waals surface area contributed by atoms with E-state index in [4.69, 9.17) is 0 Å². The van der Waals surface area contributed by atoms with Crippen LogP contribution in [0.15, 0.2) is 23.1 Å². The van der Waals surface area contributed by atoms with E-state index in [1.807, 2.05) is 11.8 Å². The highest BCUT2D eigenvalue weighted by atomic mass is 32.2. The van der Waals surface area contributed by atoms with Gasteiger partial charge >= 0.3 is 0 Å². The van der Waals surface area contributed by atoms with E-state index in [9.17, 15) is 0 Å². The van der Waals surface area contributed by atoms with Crippen LogP contribution in [0.2, 0.25) is 0 Å². The smallest absolute Gasteiger partial charge is 0.0468 e. The maximum Gasteiger partial charge on any atom is 0.0468 e. The van der Waals surface area contributed by atoms with Crippen LogP contribution in [0.5, 0.6) is 0 Å². The zero-order chi connectivity index (χ0) is 6.10. The molecule has 0 amide bonds. The van der Waals surface area contributed by atoms with Gasteiger partial charge in [-0.3, -0.25) is 5.32 Å². The highest BCUT2D eigenvalue weighted by Crippen LogP contribution is 2.29. The van der Waals surface area contributed by atoms with E-state index in [-0.39, 0.29) is 0 Å². The maximum absolute atomic E-state index is 3.40. The molecular formula is C7H9NS. The predicted molar refractivity (Wildman–Crippen MR) is 41.2 cm³/mol. The number of fused-ring (bicyclic) bond motifs is 1. The van der Waals surface area contributed by atoms with Crippen molar-refractivity contribution in [1.82, 2.24) is 5.32 Å². The Hall–Kier alpha value is -0.210. The normalized spacial score (nSPS) is 32.0. The molecule has 0 aromatic rings. The fraction of sp³-hybridized carbons (Fsp3) is 0.429. The molecule has 0 saturated carbocycles. The van der Waals surface area contributed by atoms with Crippen LogP contribution in [0.1, 0.15) is 6.42 Å². The Balaban J connectivity index is 2.23. The second kappa shape index (κ2) is 2.20. The third-order valence-corrected chi connectivity index (χ3v) is 2.75. The molecule has 9 heavy (non-hydrogen) atoms. The molecule has 0 aromatic heterocycles. The lowest BCUT2D eigenvalue weighted by molar-refractivity contribution is 0.672.